The van der Waals surface area contributed by atoms with Crippen molar-refractivity contribution < 1.29 is 19.4 Å². The van der Waals surface area contributed by atoms with Gasteiger partial charge in [0.05, 0.1) is 6.61 Å². The van der Waals surface area contributed by atoms with E-state index in [9.17, 15) is 9.90 Å². The Morgan fingerprint density at radius 1 is 0.943 bits per heavy atom. The molecule has 2 aromatic heterocycles. The molecule has 0 bridgehead atoms. The first-order valence-electron chi connectivity index (χ1n) is 11.4. The van der Waals surface area contributed by atoms with Crippen LogP contribution in [0.25, 0.3) is 0 Å². The molecule has 0 amide bonds. The average Bonchev–Trinajstić information content (AvgIpc) is 3.26. The second-order valence-electron chi connectivity index (χ2n) is 8.43. The molecule has 6 nitrogen and oxygen atoms in total. The fourth-order valence-electron chi connectivity index (χ4n) is 4.18. The first-order chi connectivity index (χ1) is 16.9. The van der Waals surface area contributed by atoms with E-state index in [0.29, 0.717) is 35.5 Å². The molecule has 7 heteroatoms. The maximum absolute atomic E-state index is 12.8. The smallest absolute Gasteiger partial charge is 0.348 e. The largest absolute Gasteiger partial charge is 0.478 e. The molecule has 180 valence electrons. The maximum Gasteiger partial charge on any atom is 0.348 e. The zero-order valence-electron chi connectivity index (χ0n) is 20.0. The van der Waals surface area contributed by atoms with Crippen molar-refractivity contribution >= 4 is 17.3 Å². The van der Waals surface area contributed by atoms with Crippen LogP contribution >= 0.6 is 11.3 Å². The summed E-state index contributed by atoms with van der Waals surface area (Å²) in [6, 6.07) is 22.6. The van der Waals surface area contributed by atoms with Gasteiger partial charge in [-0.2, -0.15) is 0 Å². The Balaban J connectivity index is 1.83. The van der Waals surface area contributed by atoms with Crippen LogP contribution in [0.2, 0.25) is 0 Å². The molecular formula is C28H28N2O4S. The van der Waals surface area contributed by atoms with Gasteiger partial charge in [0.15, 0.2) is 5.60 Å². The summed E-state index contributed by atoms with van der Waals surface area (Å²) in [6.07, 6.45) is -0.801. The van der Waals surface area contributed by atoms with Crippen molar-refractivity contribution in [2.75, 3.05) is 6.61 Å². The maximum atomic E-state index is 12.8. The molecule has 0 saturated carbocycles. The molecule has 1 atom stereocenters. The van der Waals surface area contributed by atoms with E-state index >= 15 is 0 Å². The Morgan fingerprint density at radius 3 is 2.00 bits per heavy atom. The summed E-state index contributed by atoms with van der Waals surface area (Å²) in [5.41, 5.74) is 2.48. The van der Waals surface area contributed by atoms with Crippen LogP contribution in [0.15, 0.2) is 78.2 Å². The minimum absolute atomic E-state index is 0.00335. The van der Waals surface area contributed by atoms with Crippen LogP contribution in [-0.4, -0.2) is 33.8 Å². The first kappa shape index (κ1) is 24.6. The summed E-state index contributed by atoms with van der Waals surface area (Å²) in [5.74, 6) is -1.17. The van der Waals surface area contributed by atoms with E-state index in [1.165, 1.54) is 10.4 Å². The van der Waals surface area contributed by atoms with E-state index in [2.05, 4.69) is 28.3 Å². The van der Waals surface area contributed by atoms with Gasteiger partial charge in [-0.1, -0.05) is 60.7 Å². The second kappa shape index (κ2) is 10.8. The molecular weight excluding hydrogens is 460 g/mol. The number of carboxylic acids is 1. The quantitative estimate of drug-likeness (QED) is 0.318. The molecule has 4 rings (SSSR count). The van der Waals surface area contributed by atoms with Gasteiger partial charge in [-0.3, -0.25) is 0 Å². The number of aryl methyl sites for hydroxylation is 3. The van der Waals surface area contributed by atoms with Crippen molar-refractivity contribution in [3.05, 3.63) is 111 Å². The fraction of sp³-hybridized carbons (Fsp3) is 0.250. The number of carboxylic acid groups (broad SMARTS) is 1. The Morgan fingerprint density at radius 2 is 1.51 bits per heavy atom. The van der Waals surface area contributed by atoms with Gasteiger partial charge in [-0.05, 0) is 55.0 Å². The standard InChI is InChI=1S/C28H28N2O4S/c1-19-16-24(35-18-19)14-15-33-28(22-10-6-4-7-11-22,23-12-8-5-9-13-23)25(26(31)32)34-27-29-20(2)17-21(3)30-27/h4-13,16-18,25H,14-15H2,1-3H3,(H,31,32). The molecule has 2 heterocycles. The van der Waals surface area contributed by atoms with Gasteiger partial charge in [-0.25, -0.2) is 14.8 Å². The number of ether oxygens (including phenoxy) is 2. The predicted molar refractivity (Wildman–Crippen MR) is 136 cm³/mol. The highest BCUT2D eigenvalue weighted by Crippen LogP contribution is 2.39. The molecule has 4 aromatic rings. The van der Waals surface area contributed by atoms with Crippen molar-refractivity contribution in [3.63, 3.8) is 0 Å². The number of rotatable bonds is 10. The lowest BCUT2D eigenvalue weighted by Crippen LogP contribution is -2.51. The summed E-state index contributed by atoms with van der Waals surface area (Å²) in [7, 11) is 0. The molecule has 0 radical (unpaired) electrons. The summed E-state index contributed by atoms with van der Waals surface area (Å²) in [4.78, 5) is 22.7. The molecule has 2 aromatic carbocycles. The molecule has 1 unspecified atom stereocenters. The Hall–Kier alpha value is -3.55. The molecule has 0 saturated heterocycles. The summed E-state index contributed by atoms with van der Waals surface area (Å²) >= 11 is 1.66. The molecule has 1 N–H and O–H groups in total. The summed E-state index contributed by atoms with van der Waals surface area (Å²) in [5, 5.41) is 12.6. The highest BCUT2D eigenvalue weighted by Gasteiger charge is 2.50. The minimum Gasteiger partial charge on any atom is -0.478 e. The van der Waals surface area contributed by atoms with Crippen molar-refractivity contribution in [2.45, 2.75) is 38.9 Å². The number of aromatic nitrogens is 2. The Kier molecular flexibility index (Phi) is 7.58. The third kappa shape index (κ3) is 5.58. The molecule has 0 aliphatic rings. The van der Waals surface area contributed by atoms with Gasteiger partial charge in [0.2, 0.25) is 6.10 Å². The van der Waals surface area contributed by atoms with E-state index in [4.69, 9.17) is 9.47 Å². The Bertz CT molecular complexity index is 1210. The van der Waals surface area contributed by atoms with Gasteiger partial charge in [-0.15, -0.1) is 11.3 Å². The third-order valence-electron chi connectivity index (χ3n) is 5.65. The van der Waals surface area contributed by atoms with Crippen LogP contribution in [0.1, 0.15) is 33.0 Å². The van der Waals surface area contributed by atoms with Crippen LogP contribution in [0.4, 0.5) is 0 Å². The van der Waals surface area contributed by atoms with Gasteiger partial charge in [0.25, 0.3) is 0 Å². The molecule has 0 fully saturated rings. The van der Waals surface area contributed by atoms with Crippen molar-refractivity contribution in [1.82, 2.24) is 9.97 Å². The third-order valence-corrected chi connectivity index (χ3v) is 6.76. The van der Waals surface area contributed by atoms with E-state index in [-0.39, 0.29) is 6.01 Å². The van der Waals surface area contributed by atoms with E-state index < -0.39 is 17.7 Å². The average molecular weight is 489 g/mol. The minimum atomic E-state index is -1.45. The summed E-state index contributed by atoms with van der Waals surface area (Å²) < 4.78 is 12.7. The molecule has 0 aliphatic carbocycles. The van der Waals surface area contributed by atoms with Crippen molar-refractivity contribution in [1.29, 1.82) is 0 Å². The first-order valence-corrected chi connectivity index (χ1v) is 12.3. The highest BCUT2D eigenvalue weighted by molar-refractivity contribution is 7.10. The van der Waals surface area contributed by atoms with Crippen LogP contribution in [0, 0.1) is 20.8 Å². The fourth-order valence-corrected chi connectivity index (χ4v) is 5.04. The van der Waals surface area contributed by atoms with Gasteiger partial charge in [0.1, 0.15) is 0 Å². The number of benzene rings is 2. The number of thiophene rings is 1. The van der Waals surface area contributed by atoms with Crippen LogP contribution in [-0.2, 0) is 21.6 Å². The molecule has 0 spiro atoms. The lowest BCUT2D eigenvalue weighted by Gasteiger charge is -2.39. The number of carbonyl (C=O) groups is 1. The van der Waals surface area contributed by atoms with Crippen LogP contribution in [0.5, 0.6) is 6.01 Å². The van der Waals surface area contributed by atoms with Crippen LogP contribution in [0.3, 0.4) is 0 Å². The van der Waals surface area contributed by atoms with Crippen molar-refractivity contribution in [3.8, 4) is 6.01 Å². The predicted octanol–water partition coefficient (Wildman–Crippen LogP) is 5.50. The number of nitrogens with zero attached hydrogens (tertiary/aromatic N) is 2. The van der Waals surface area contributed by atoms with Crippen molar-refractivity contribution in [2.24, 2.45) is 0 Å². The Labute approximate surface area is 209 Å². The van der Waals surface area contributed by atoms with E-state index in [1.54, 1.807) is 11.3 Å². The number of hydrogen-bond acceptors (Lipinski definition) is 6. The topological polar surface area (TPSA) is 81.5 Å². The van der Waals surface area contributed by atoms with Gasteiger partial charge >= 0.3 is 12.0 Å². The van der Waals surface area contributed by atoms with Crippen LogP contribution < -0.4 is 4.74 Å². The lowest BCUT2D eigenvalue weighted by atomic mass is 9.81. The van der Waals surface area contributed by atoms with Gasteiger partial charge in [0, 0.05) is 22.7 Å². The van der Waals surface area contributed by atoms with E-state index in [0.717, 1.165) is 0 Å². The normalized spacial score (nSPS) is 12.3. The second-order valence-corrected chi connectivity index (χ2v) is 9.42. The lowest BCUT2D eigenvalue weighted by molar-refractivity contribution is -0.164. The monoisotopic (exact) mass is 488 g/mol. The SMILES string of the molecule is Cc1csc(CCOC(c2ccccc2)(c2ccccc2)C(Oc2nc(C)cc(C)n2)C(=O)O)c1. The zero-order chi connectivity index (χ0) is 24.8. The molecule has 35 heavy (non-hydrogen) atoms. The van der Waals surface area contributed by atoms with Gasteiger partial charge < -0.3 is 14.6 Å². The number of aliphatic carboxylic acids is 1. The summed E-state index contributed by atoms with van der Waals surface area (Å²) in [6.45, 7) is 5.98. The molecule has 0 aliphatic heterocycles. The zero-order valence-corrected chi connectivity index (χ0v) is 20.8. The van der Waals surface area contributed by atoms with E-state index in [1.807, 2.05) is 80.6 Å². The highest BCUT2D eigenvalue weighted by atomic mass is 32.1. The number of hydrogen-bond donors (Lipinski definition) is 1.